The van der Waals surface area contributed by atoms with Gasteiger partial charge in [0.1, 0.15) is 75.1 Å². The fraction of sp³-hybridized carbons (Fsp3) is 0.308. The second-order valence-corrected chi connectivity index (χ2v) is 53.4. The Balaban J connectivity index is 0.000000189. The van der Waals surface area contributed by atoms with E-state index in [1.165, 1.54) is 115 Å². The standard InChI is InChI=1S/C21H18IO2.C21H24IO2.C18H18IO3.C17H17FIO2.4C10H14O3S/c1-16(17-8-4-2-5-9-17)24-21(23)18-12-14-20(15-13-18)22-19-10-6-3-7-11-19;1-2-21(15-7-4-8-16-21)24-20(23)17-11-13-19(14-12-17)22-18-9-5-3-6-10-18;1-18(2)12-16(17(20)22-18)21-15-10-8-14(9-11-15)19-13-6-4-3-5-7-13;18-13-4-6-14(7-5-13)19-15-8-10-16(11-9-15)21-17-3-1-2-12-20-17;4*1-3-8(2)9-4-6-10(7-5-9)14(11,12)13/h2-16H,1H3;3,5-6,9-14H,2,4,7-8,15-16H2,1H3;3-11,16H,12H2,1-2H3;4-11,17H,1-3,12H2;4*4-8H,3H2,1-2H3,(H,11,12,13)/q4*+1;;;;/p-4. The Labute approximate surface area is 910 Å². The van der Waals surface area contributed by atoms with Crippen LogP contribution in [-0.4, -0.2) is 100.0 Å². The normalized spacial score (nSPS) is 15.5. The Morgan fingerprint density at radius 1 is 0.367 bits per heavy atom. The van der Waals surface area contributed by atoms with Crippen LogP contribution in [0.5, 0.6) is 11.5 Å². The lowest BCUT2D eigenvalue weighted by atomic mass is 9.82. The number of esters is 3. The van der Waals surface area contributed by atoms with Gasteiger partial charge in [-0.2, -0.15) is 0 Å². The van der Waals surface area contributed by atoms with Crippen LogP contribution in [0.3, 0.4) is 0 Å². The van der Waals surface area contributed by atoms with E-state index in [4.69, 9.17) is 28.4 Å². The van der Waals surface area contributed by atoms with Gasteiger partial charge >= 0.3 is 103 Å². The average Bonchev–Trinajstić information content (AvgIpc) is 1.80. The van der Waals surface area contributed by atoms with Crippen LogP contribution in [0.1, 0.15) is 251 Å². The SMILES string of the molecule is CC(OC(=O)c1ccc([I+]c2ccccc2)cc1)c1ccccc1.CC1(C)CC(Oc2ccc([I+]c3ccccc3)cc2)C(=O)O1.CCC(C)c1ccc(S(=O)(=O)[O-])cc1.CCC(C)c1ccc(S(=O)(=O)[O-])cc1.CCC(C)c1ccc(S(=O)(=O)[O-])cc1.CCC(C)c1ccc(S(=O)(=O)[O-])cc1.CCC1(OC(=O)c2ccc([I+]c3ccccc3)cc2)CCCCC1.Fc1ccc([I+]c2ccc(OC3CCCCO3)cc2)cc1. The number of halogens is 5. The average molecular weight is 2530 g/mol. The zero-order valence-electron chi connectivity index (χ0n) is 84.6. The summed E-state index contributed by atoms with van der Waals surface area (Å²) in [6, 6.07) is 105. The Morgan fingerprint density at radius 3 is 0.959 bits per heavy atom. The number of benzene rings is 13. The highest BCUT2D eigenvalue weighted by Crippen LogP contribution is 2.36. The van der Waals surface area contributed by atoms with Crippen LogP contribution in [0.25, 0.3) is 0 Å². The number of cyclic esters (lactones) is 1. The monoisotopic (exact) mass is 2520 g/mol. The molecule has 147 heavy (non-hydrogen) atoms. The van der Waals surface area contributed by atoms with E-state index in [9.17, 15) is 70.7 Å². The predicted molar refractivity (Wildman–Crippen MR) is 549 cm³/mol. The van der Waals surface area contributed by atoms with Gasteiger partial charge in [-0.05, 0) is 349 Å². The van der Waals surface area contributed by atoms with Gasteiger partial charge in [0.05, 0.1) is 37.3 Å². The molecule has 3 fully saturated rings. The minimum absolute atomic E-state index is 0.101. The first-order valence-electron chi connectivity index (χ1n) is 48.8. The maximum atomic E-state index is 12.9. The molecule has 3 aliphatic rings. The van der Waals surface area contributed by atoms with Crippen molar-refractivity contribution in [3.63, 3.8) is 0 Å². The van der Waals surface area contributed by atoms with Crippen molar-refractivity contribution in [3.05, 3.63) is 413 Å². The van der Waals surface area contributed by atoms with Crippen LogP contribution in [0.15, 0.2) is 359 Å². The molecule has 0 aromatic heterocycles. The lowest BCUT2D eigenvalue weighted by Crippen LogP contribution is -3.61. The van der Waals surface area contributed by atoms with Crippen molar-refractivity contribution in [1.29, 1.82) is 0 Å². The quantitative estimate of drug-likeness (QED) is 0.0175. The largest absolute Gasteiger partial charge is 0.744 e. The van der Waals surface area contributed by atoms with Gasteiger partial charge < -0.3 is 46.6 Å². The molecule has 21 nitrogen and oxygen atoms in total. The van der Waals surface area contributed by atoms with E-state index in [0.29, 0.717) is 41.2 Å². The summed E-state index contributed by atoms with van der Waals surface area (Å²) >= 11 is -0.840. The summed E-state index contributed by atoms with van der Waals surface area (Å²) in [5, 5.41) is 0. The molecule has 2 saturated heterocycles. The number of carbonyl (C=O) groups excluding carboxylic acids is 3. The highest BCUT2D eigenvalue weighted by Gasteiger charge is 2.42. The summed E-state index contributed by atoms with van der Waals surface area (Å²) in [6.45, 7) is 25.1. The molecule has 13 aromatic carbocycles. The Kier molecular flexibility index (Phi) is 49.6. The van der Waals surface area contributed by atoms with Gasteiger partial charge in [0.15, 0.2) is 41.0 Å². The van der Waals surface area contributed by atoms with Gasteiger partial charge in [0, 0.05) is 12.8 Å². The lowest BCUT2D eigenvalue weighted by Gasteiger charge is -2.36. The molecule has 16 rings (SSSR count). The summed E-state index contributed by atoms with van der Waals surface area (Å²) in [6.07, 6.45) is 13.5. The maximum absolute atomic E-state index is 12.9. The summed E-state index contributed by atoms with van der Waals surface area (Å²) in [7, 11) is -17.2. The number of rotatable bonds is 30. The number of hydrogen-bond donors (Lipinski definition) is 0. The van der Waals surface area contributed by atoms with Gasteiger partial charge in [-0.3, -0.25) is 0 Å². The van der Waals surface area contributed by atoms with Gasteiger partial charge in [-0.1, -0.05) is 202 Å². The zero-order chi connectivity index (χ0) is 107. The van der Waals surface area contributed by atoms with Crippen LogP contribution in [-0.2, 0) is 64.2 Å². The number of hydrogen-bond acceptors (Lipinski definition) is 21. The zero-order valence-corrected chi connectivity index (χ0v) is 96.5. The molecule has 1 aliphatic carbocycles. The van der Waals surface area contributed by atoms with Gasteiger partial charge in [0.25, 0.3) is 0 Å². The van der Waals surface area contributed by atoms with E-state index in [0.717, 1.165) is 104 Å². The van der Waals surface area contributed by atoms with Crippen molar-refractivity contribution in [2.24, 2.45) is 0 Å². The molecule has 0 bridgehead atoms. The molecule has 7 unspecified atom stereocenters. The first kappa shape index (κ1) is 121. The van der Waals surface area contributed by atoms with Crippen molar-refractivity contribution in [3.8, 4) is 11.5 Å². The van der Waals surface area contributed by atoms with Crippen molar-refractivity contribution >= 4 is 58.4 Å². The summed E-state index contributed by atoms with van der Waals surface area (Å²) in [5.41, 5.74) is 5.83. The van der Waals surface area contributed by atoms with Crippen LogP contribution in [0.4, 0.5) is 4.39 Å². The predicted octanol–water partition coefficient (Wildman–Crippen LogP) is 13.4. The molecule has 0 amide bonds. The first-order chi connectivity index (χ1) is 70.0. The highest BCUT2D eigenvalue weighted by molar-refractivity contribution is 7.86. The smallest absolute Gasteiger partial charge is 0.357 e. The minimum atomic E-state index is -4.30. The van der Waals surface area contributed by atoms with E-state index < -0.39 is 52.2 Å². The fourth-order valence-corrected chi connectivity index (χ4v) is 25.5. The first-order valence-corrected chi connectivity index (χ1v) is 63.1. The molecule has 782 valence electrons. The van der Waals surface area contributed by atoms with Gasteiger partial charge in [-0.25, -0.2) is 52.4 Å². The van der Waals surface area contributed by atoms with Crippen molar-refractivity contribution in [2.75, 3.05) is 6.61 Å². The molecule has 2 heterocycles. The van der Waals surface area contributed by atoms with E-state index in [-0.39, 0.29) is 146 Å². The fourth-order valence-electron chi connectivity index (χ4n) is 14.8. The molecule has 7 atom stereocenters. The molecule has 30 heteroatoms. The second-order valence-electron chi connectivity index (χ2n) is 35.8. The molecule has 0 N–H and O–H groups in total. The Bertz CT molecular complexity index is 6320. The van der Waals surface area contributed by atoms with E-state index in [1.54, 1.807) is 48.5 Å². The van der Waals surface area contributed by atoms with Crippen LogP contribution >= 0.6 is 0 Å². The molecule has 2 aliphatic heterocycles. The Morgan fingerprint density at radius 2 is 0.667 bits per heavy atom. The van der Waals surface area contributed by atoms with Gasteiger partial charge in [-0.15, -0.1) is 0 Å². The topological polar surface area (TPSA) is 335 Å². The van der Waals surface area contributed by atoms with Crippen molar-refractivity contribution < 1.29 is 184 Å². The molecule has 0 radical (unpaired) electrons. The van der Waals surface area contributed by atoms with E-state index in [1.807, 2.05) is 142 Å². The van der Waals surface area contributed by atoms with Crippen molar-refractivity contribution in [2.45, 2.75) is 246 Å². The molecule has 0 spiro atoms. The molecule has 1 saturated carbocycles. The number of carbonyl (C=O) groups is 3. The van der Waals surface area contributed by atoms with Gasteiger partial charge in [0.2, 0.25) is 0 Å². The highest BCUT2D eigenvalue weighted by atomic mass is 127. The van der Waals surface area contributed by atoms with E-state index >= 15 is 0 Å². The third kappa shape index (κ3) is 42.6. The summed E-state index contributed by atoms with van der Waals surface area (Å²) in [4.78, 5) is 35.9. The minimum Gasteiger partial charge on any atom is -0.744 e. The third-order valence-electron chi connectivity index (χ3n) is 24.3. The van der Waals surface area contributed by atoms with Crippen LogP contribution in [0.2, 0.25) is 0 Å². The number of ether oxygens (including phenoxy) is 6. The second kappa shape index (κ2) is 60.4. The molecular weight excluding hydrogens is 2400 g/mol. The maximum Gasteiger partial charge on any atom is 0.357 e. The van der Waals surface area contributed by atoms with E-state index in [2.05, 4.69) is 172 Å². The van der Waals surface area contributed by atoms with Crippen LogP contribution < -0.4 is 94.3 Å². The van der Waals surface area contributed by atoms with Crippen LogP contribution in [0, 0.1) is 34.4 Å². The Hall–Kier alpha value is -9.68. The van der Waals surface area contributed by atoms with Crippen molar-refractivity contribution in [1.82, 2.24) is 0 Å². The third-order valence-corrected chi connectivity index (χ3v) is 38.5. The molecular formula is C117H129FI4O21S4. The molecule has 13 aromatic rings. The summed E-state index contributed by atoms with van der Waals surface area (Å²) in [5.74, 6) is 2.23. The summed E-state index contributed by atoms with van der Waals surface area (Å²) < 4.78 is 185. The lowest BCUT2D eigenvalue weighted by molar-refractivity contribution is -0.597.